The number of allylic oxidation sites excluding steroid dienone is 4. The molecule has 1 aliphatic rings. The van der Waals surface area contributed by atoms with E-state index in [0.717, 1.165) is 0 Å². The van der Waals surface area contributed by atoms with Gasteiger partial charge in [-0.25, -0.2) is 0 Å². The van der Waals surface area contributed by atoms with E-state index in [1.807, 2.05) is 0 Å². The van der Waals surface area contributed by atoms with E-state index in [4.69, 9.17) is 0 Å². The summed E-state index contributed by atoms with van der Waals surface area (Å²) in [6.45, 7) is 7.04. The molecule has 27 heavy (non-hydrogen) atoms. The zero-order chi connectivity index (χ0) is 17.1. The number of halogens is 3. The molecule has 2 aromatic rings. The van der Waals surface area contributed by atoms with Gasteiger partial charge in [0.05, 0.1) is 0 Å². The zero-order valence-electron chi connectivity index (χ0n) is 16.0. The zero-order valence-corrected chi connectivity index (χ0v) is 21.0. The Bertz CT molecular complexity index is 733. The van der Waals surface area contributed by atoms with Crippen molar-refractivity contribution in [3.63, 3.8) is 0 Å². The van der Waals surface area contributed by atoms with Crippen molar-refractivity contribution in [1.29, 1.82) is 0 Å². The Morgan fingerprint density at radius 3 is 1.74 bits per heavy atom. The van der Waals surface area contributed by atoms with Crippen molar-refractivity contribution in [2.45, 2.75) is 33.6 Å². The van der Waals surface area contributed by atoms with Crippen LogP contribution in [0.1, 0.15) is 33.6 Å². The molecular formula is C22H25Cl3SiTi. The molecule has 0 amide bonds. The summed E-state index contributed by atoms with van der Waals surface area (Å²) in [5.74, 6) is 0.653. The minimum absolute atomic E-state index is 0. The molecule has 1 unspecified atom stereocenters. The number of rotatable bonds is 5. The van der Waals surface area contributed by atoms with Crippen LogP contribution < -0.4 is 47.6 Å². The predicted molar refractivity (Wildman–Crippen MR) is 103 cm³/mol. The van der Waals surface area contributed by atoms with Gasteiger partial charge < -0.3 is 37.2 Å². The summed E-state index contributed by atoms with van der Waals surface area (Å²) in [6, 6.07) is 22.4. The van der Waals surface area contributed by atoms with E-state index in [9.17, 15) is 0 Å². The van der Waals surface area contributed by atoms with Gasteiger partial charge in [0.15, 0.2) is 0 Å². The average Bonchev–Trinajstić information content (AvgIpc) is 2.91. The van der Waals surface area contributed by atoms with Gasteiger partial charge in [-0.15, -0.1) is 0 Å². The van der Waals surface area contributed by atoms with Gasteiger partial charge in [0.1, 0.15) is 0 Å². The Labute approximate surface area is 196 Å². The van der Waals surface area contributed by atoms with Gasteiger partial charge in [0, 0.05) is 0 Å². The van der Waals surface area contributed by atoms with Crippen LogP contribution in [0.4, 0.5) is 0 Å². The Morgan fingerprint density at radius 2 is 1.33 bits per heavy atom. The summed E-state index contributed by atoms with van der Waals surface area (Å²) >= 11 is 2.34. The quantitative estimate of drug-likeness (QED) is 0.384. The molecular weight excluding hydrogens is 447 g/mol. The van der Waals surface area contributed by atoms with Gasteiger partial charge in [0.2, 0.25) is 0 Å². The molecule has 0 fully saturated rings. The topological polar surface area (TPSA) is 0 Å². The molecule has 3 rings (SSSR count). The van der Waals surface area contributed by atoms with Gasteiger partial charge in [-0.1, -0.05) is 0 Å². The van der Waals surface area contributed by atoms with Crippen LogP contribution in [0.25, 0.3) is 0 Å². The van der Waals surface area contributed by atoms with E-state index < -0.39 is 8.80 Å². The predicted octanol–water partition coefficient (Wildman–Crippen LogP) is -4.85. The van der Waals surface area contributed by atoms with Gasteiger partial charge in [-0.05, 0) is 0 Å². The van der Waals surface area contributed by atoms with Crippen molar-refractivity contribution >= 4 is 19.2 Å². The summed E-state index contributed by atoms with van der Waals surface area (Å²) in [5, 5.41) is 4.83. The summed E-state index contributed by atoms with van der Waals surface area (Å²) in [4.78, 5) is 0. The molecule has 1 aliphatic carbocycles. The molecule has 1 atom stereocenters. The van der Waals surface area contributed by atoms with Crippen LogP contribution in [0.5, 0.6) is 0 Å². The number of hydrogen-bond acceptors (Lipinski definition) is 0. The third kappa shape index (κ3) is 5.85. The van der Waals surface area contributed by atoms with Crippen LogP contribution in [-0.2, 0) is 20.4 Å². The van der Waals surface area contributed by atoms with Crippen LogP contribution >= 0.6 is 0 Å². The molecule has 0 radical (unpaired) electrons. The second-order valence-electron chi connectivity index (χ2n) is 6.83. The third-order valence-corrected chi connectivity index (χ3v) is 9.62. The second kappa shape index (κ2) is 12.3. The van der Waals surface area contributed by atoms with Crippen LogP contribution in [0.2, 0.25) is 0 Å². The molecule has 0 heterocycles. The van der Waals surface area contributed by atoms with Gasteiger partial charge in [-0.2, -0.15) is 0 Å². The van der Waals surface area contributed by atoms with Crippen molar-refractivity contribution in [1.82, 2.24) is 0 Å². The van der Waals surface area contributed by atoms with E-state index in [1.54, 1.807) is 30.6 Å². The average molecular weight is 472 g/mol. The third-order valence-electron chi connectivity index (χ3n) is 5.22. The first-order chi connectivity index (χ1) is 11.6. The molecule has 0 spiro atoms. The van der Waals surface area contributed by atoms with E-state index in [2.05, 4.69) is 102 Å². The Kier molecular flexibility index (Phi) is 12.2. The van der Waals surface area contributed by atoms with Crippen molar-refractivity contribution in [3.8, 4) is 0 Å². The fourth-order valence-corrected chi connectivity index (χ4v) is 8.42. The SMILES string of the molecule is CCC(C)C1=C([SiH](c2ccccc2)c2ccccc2)CC(C)=[C]1[Ti+3].[Cl-].[Cl-].[Cl-]. The van der Waals surface area contributed by atoms with Crippen molar-refractivity contribution in [2.24, 2.45) is 5.92 Å². The van der Waals surface area contributed by atoms with Crippen molar-refractivity contribution < 1.29 is 57.7 Å². The first-order valence-corrected chi connectivity index (χ1v) is 11.4. The summed E-state index contributed by atoms with van der Waals surface area (Å²) in [5.41, 5.74) is 3.24. The van der Waals surface area contributed by atoms with Crippen LogP contribution in [0, 0.1) is 5.92 Å². The largest absolute Gasteiger partial charge is 1.00 e. The van der Waals surface area contributed by atoms with Gasteiger partial charge in [0.25, 0.3) is 0 Å². The first kappa shape index (κ1) is 26.7. The molecule has 2 aromatic carbocycles. The maximum absolute atomic E-state index is 2.40. The fourth-order valence-electron chi connectivity index (χ4n) is 3.77. The first-order valence-electron chi connectivity index (χ1n) is 8.88. The van der Waals surface area contributed by atoms with E-state index in [0.29, 0.717) is 5.92 Å². The number of hydrogen-bond donors (Lipinski definition) is 0. The molecule has 0 saturated carbocycles. The van der Waals surface area contributed by atoms with Crippen LogP contribution in [0.15, 0.2) is 80.9 Å². The summed E-state index contributed by atoms with van der Waals surface area (Å²) in [6.07, 6.45) is 2.39. The smallest absolute Gasteiger partial charge is 1.00 e. The molecule has 0 bridgehead atoms. The maximum Gasteiger partial charge on any atom is -1.00 e. The van der Waals surface area contributed by atoms with Gasteiger partial charge >= 0.3 is 160 Å². The number of benzene rings is 2. The van der Waals surface area contributed by atoms with Crippen molar-refractivity contribution in [2.75, 3.05) is 0 Å². The van der Waals surface area contributed by atoms with E-state index in [-0.39, 0.29) is 37.2 Å². The maximum atomic E-state index is 2.40. The van der Waals surface area contributed by atoms with E-state index >= 15 is 0 Å². The van der Waals surface area contributed by atoms with E-state index in [1.165, 1.54) is 12.8 Å². The standard InChI is InChI=1S/C22H25Si.3ClH.Ti/c1-4-18(3)21-15-17(2)16-22(21)23(19-11-7-5-8-12-19)20-13-9-6-10-14-20;;;;/h5-14,18,23H,4,16H2,1-3H3;3*1H;/q;;;;+3/p-3. The second-order valence-corrected chi connectivity index (χ2v) is 10.5. The molecule has 5 heteroatoms. The van der Waals surface area contributed by atoms with Crippen LogP contribution in [0.3, 0.4) is 0 Å². The summed E-state index contributed by atoms with van der Waals surface area (Å²) < 4.78 is 1.56. The molecule has 0 saturated heterocycles. The Hall–Kier alpha value is -0.279. The molecule has 142 valence electrons. The van der Waals surface area contributed by atoms with Crippen molar-refractivity contribution in [3.05, 3.63) is 80.9 Å². The molecule has 0 aliphatic heterocycles. The minimum atomic E-state index is -1.37. The minimum Gasteiger partial charge on any atom is -1.00 e. The molecule has 0 N–H and O–H groups in total. The Morgan fingerprint density at radius 1 is 0.889 bits per heavy atom. The Balaban J connectivity index is 0.00000225. The fraction of sp³-hybridized carbons (Fsp3) is 0.273. The molecule has 0 aromatic heterocycles. The van der Waals surface area contributed by atoms with Crippen LogP contribution in [-0.4, -0.2) is 8.80 Å². The normalized spacial score (nSPS) is 14.4. The summed E-state index contributed by atoms with van der Waals surface area (Å²) in [7, 11) is -1.37. The molecule has 0 nitrogen and oxygen atoms in total. The van der Waals surface area contributed by atoms with Gasteiger partial charge in [-0.3, -0.25) is 0 Å². The monoisotopic (exact) mass is 470 g/mol.